The van der Waals surface area contributed by atoms with Crippen molar-refractivity contribution in [2.75, 3.05) is 0 Å². The second-order valence-corrected chi connectivity index (χ2v) is 11.2. The second kappa shape index (κ2) is 9.89. The van der Waals surface area contributed by atoms with Crippen molar-refractivity contribution in [1.29, 1.82) is 0 Å². The van der Waals surface area contributed by atoms with Gasteiger partial charge < -0.3 is 19.7 Å². The Kier molecular flexibility index (Phi) is 7.77. The zero-order valence-corrected chi connectivity index (χ0v) is 21.2. The maximum Gasteiger partial charge on any atom is 0.335 e. The van der Waals surface area contributed by atoms with Crippen LogP contribution in [0.2, 0.25) is 0 Å². The molecule has 33 heavy (non-hydrogen) atoms. The Morgan fingerprint density at radius 2 is 1.97 bits per heavy atom. The van der Waals surface area contributed by atoms with Crippen molar-refractivity contribution in [1.82, 2.24) is 0 Å². The molecule has 0 heterocycles. The highest BCUT2D eigenvalue weighted by Crippen LogP contribution is 2.56. The number of hydrogen-bond acceptors (Lipinski definition) is 5. The number of carbonyl (C=O) groups is 1. The number of esters is 1. The van der Waals surface area contributed by atoms with Crippen molar-refractivity contribution >= 4 is 5.97 Å². The van der Waals surface area contributed by atoms with Crippen LogP contribution in [0.5, 0.6) is 0 Å². The molecule has 5 heteroatoms. The van der Waals surface area contributed by atoms with E-state index in [0.717, 1.165) is 36.8 Å². The third-order valence-electron chi connectivity index (χ3n) is 7.46. The van der Waals surface area contributed by atoms with Crippen molar-refractivity contribution in [3.63, 3.8) is 0 Å². The lowest BCUT2D eigenvalue weighted by Gasteiger charge is -2.42. The number of aliphatic hydroxyl groups excluding tert-OH is 2. The predicted octanol–water partition coefficient (Wildman–Crippen LogP) is 5.18. The molecule has 5 nitrogen and oxygen atoms in total. The van der Waals surface area contributed by atoms with E-state index in [0.29, 0.717) is 18.8 Å². The molecule has 0 aromatic carbocycles. The summed E-state index contributed by atoms with van der Waals surface area (Å²) in [7, 11) is 0. The van der Waals surface area contributed by atoms with Gasteiger partial charge in [0.1, 0.15) is 5.60 Å². The smallest absolute Gasteiger partial charge is 0.335 e. The second-order valence-electron chi connectivity index (χ2n) is 11.2. The zero-order chi connectivity index (χ0) is 24.6. The molecule has 0 radical (unpaired) electrons. The molecule has 3 aliphatic rings. The third-order valence-corrected chi connectivity index (χ3v) is 7.46. The van der Waals surface area contributed by atoms with Crippen LogP contribution in [0, 0.1) is 11.3 Å². The van der Waals surface area contributed by atoms with E-state index in [1.165, 1.54) is 11.1 Å². The Morgan fingerprint density at radius 1 is 1.27 bits per heavy atom. The highest BCUT2D eigenvalue weighted by atomic mass is 16.6. The highest BCUT2D eigenvalue weighted by molar-refractivity contribution is 5.74. The zero-order valence-electron chi connectivity index (χ0n) is 21.2. The highest BCUT2D eigenvalue weighted by Gasteiger charge is 2.46. The molecule has 3 aliphatic carbocycles. The van der Waals surface area contributed by atoms with Gasteiger partial charge in [0.05, 0.1) is 18.3 Å². The lowest BCUT2D eigenvalue weighted by Crippen LogP contribution is -2.38. The predicted molar refractivity (Wildman–Crippen MR) is 131 cm³/mol. The molecule has 1 unspecified atom stereocenters. The van der Waals surface area contributed by atoms with Crippen LogP contribution in [0.15, 0.2) is 47.1 Å². The largest absolute Gasteiger partial charge is 0.458 e. The lowest BCUT2D eigenvalue weighted by atomic mass is 9.63. The molecule has 184 valence electrons. The molecule has 6 atom stereocenters. The quantitative estimate of drug-likeness (QED) is 0.438. The first-order valence-corrected chi connectivity index (χ1v) is 12.4. The molecule has 0 aliphatic heterocycles. The van der Waals surface area contributed by atoms with Crippen molar-refractivity contribution in [2.45, 2.75) is 110 Å². The third kappa shape index (κ3) is 5.87. The van der Waals surface area contributed by atoms with Gasteiger partial charge in [0, 0.05) is 6.42 Å². The minimum atomic E-state index is -0.667. The van der Waals surface area contributed by atoms with Gasteiger partial charge in [-0.1, -0.05) is 37.3 Å². The van der Waals surface area contributed by atoms with Crippen LogP contribution in [0.3, 0.4) is 0 Å². The van der Waals surface area contributed by atoms with Gasteiger partial charge in [-0.15, -0.1) is 0 Å². The summed E-state index contributed by atoms with van der Waals surface area (Å²) in [6, 6.07) is 0. The maximum absolute atomic E-state index is 12.4. The van der Waals surface area contributed by atoms with Crippen molar-refractivity contribution in [2.24, 2.45) is 11.3 Å². The summed E-state index contributed by atoms with van der Waals surface area (Å²) in [5.74, 6) is 0.0651. The van der Waals surface area contributed by atoms with E-state index < -0.39 is 23.9 Å². The monoisotopic (exact) mass is 458 g/mol. The summed E-state index contributed by atoms with van der Waals surface area (Å²) >= 11 is 0. The fraction of sp³-hybridized carbons (Fsp3) is 0.679. The van der Waals surface area contributed by atoms with Gasteiger partial charge >= 0.3 is 5.97 Å². The molecule has 2 saturated carbocycles. The summed E-state index contributed by atoms with van der Waals surface area (Å²) in [6.45, 7) is 15.7. The standard InChI is InChI=1S/C28H42O5/c1-17-21(15-22(29)16-25(17)30)11-10-20-9-8-14-28(7)23(12-13-24(20)28)18(2)32-19(3)26(31)33-27(4,5)6/h10-12,18-19,22,24-25,29-30H,1,8-9,13-16H2,2-7H3/b20-10+,21-11-/t18?,19-,22+,24-,25-,28+/m0/s1. The summed E-state index contributed by atoms with van der Waals surface area (Å²) in [5, 5.41) is 20.2. The number of hydrogen-bond donors (Lipinski definition) is 2. The van der Waals surface area contributed by atoms with E-state index in [2.05, 4.69) is 31.7 Å². The SMILES string of the molecule is C=C1/C(=C\C=C2/CCC[C@]3(C)C(C(C)O[C@@H](C)C(=O)OC(C)(C)C)=CC[C@@H]23)C[C@@H](O)C[C@@H]1O. The van der Waals surface area contributed by atoms with E-state index in [9.17, 15) is 15.0 Å². The minimum Gasteiger partial charge on any atom is -0.458 e. The van der Waals surface area contributed by atoms with Gasteiger partial charge in [-0.25, -0.2) is 4.79 Å². The summed E-state index contributed by atoms with van der Waals surface area (Å²) in [6.07, 6.45) is 9.68. The van der Waals surface area contributed by atoms with Crippen molar-refractivity contribution < 1.29 is 24.5 Å². The number of aliphatic hydroxyl groups is 2. The van der Waals surface area contributed by atoms with Crippen molar-refractivity contribution in [3.8, 4) is 0 Å². The normalized spacial score (nSPS) is 34.7. The van der Waals surface area contributed by atoms with Gasteiger partial charge in [0.2, 0.25) is 0 Å². The topological polar surface area (TPSA) is 76.0 Å². The Morgan fingerprint density at radius 3 is 2.64 bits per heavy atom. The molecule has 3 rings (SSSR count). The summed E-state index contributed by atoms with van der Waals surface area (Å²) < 4.78 is 11.6. The summed E-state index contributed by atoms with van der Waals surface area (Å²) in [4.78, 5) is 12.4. The molecule has 0 amide bonds. The molecule has 0 bridgehead atoms. The molecule has 0 aromatic rings. The van der Waals surface area contributed by atoms with E-state index in [1.807, 2.05) is 27.7 Å². The molecule has 0 saturated heterocycles. The maximum atomic E-state index is 12.4. The van der Waals surface area contributed by atoms with Crippen LogP contribution in [0.25, 0.3) is 0 Å². The van der Waals surface area contributed by atoms with Gasteiger partial charge in [0.15, 0.2) is 6.10 Å². The van der Waals surface area contributed by atoms with Crippen LogP contribution in [0.1, 0.15) is 80.1 Å². The van der Waals surface area contributed by atoms with Crippen LogP contribution in [0.4, 0.5) is 0 Å². The first-order chi connectivity index (χ1) is 15.3. The number of allylic oxidation sites excluding steroid dienone is 4. The van der Waals surface area contributed by atoms with Gasteiger partial charge in [-0.3, -0.25) is 0 Å². The molecular weight excluding hydrogens is 416 g/mol. The fourth-order valence-corrected chi connectivity index (χ4v) is 5.77. The van der Waals surface area contributed by atoms with Gasteiger partial charge in [-0.2, -0.15) is 0 Å². The fourth-order valence-electron chi connectivity index (χ4n) is 5.77. The Hall–Kier alpha value is -1.69. The first kappa shape index (κ1) is 25.9. The number of carbonyl (C=O) groups excluding carboxylic acids is 1. The Labute approximate surface area is 199 Å². The number of ether oxygens (including phenoxy) is 2. The van der Waals surface area contributed by atoms with Crippen LogP contribution >= 0.6 is 0 Å². The Balaban J connectivity index is 1.72. The van der Waals surface area contributed by atoms with E-state index >= 15 is 0 Å². The van der Waals surface area contributed by atoms with E-state index in [4.69, 9.17) is 9.47 Å². The van der Waals surface area contributed by atoms with Crippen LogP contribution in [-0.2, 0) is 14.3 Å². The first-order valence-electron chi connectivity index (χ1n) is 12.4. The lowest BCUT2D eigenvalue weighted by molar-refractivity contribution is -0.169. The van der Waals surface area contributed by atoms with Crippen LogP contribution in [-0.4, -0.2) is 46.2 Å². The van der Waals surface area contributed by atoms with Gasteiger partial charge in [-0.05, 0) is 94.8 Å². The van der Waals surface area contributed by atoms with Crippen LogP contribution < -0.4 is 0 Å². The molecule has 0 aromatic heterocycles. The number of fused-ring (bicyclic) bond motifs is 1. The molecule has 2 fully saturated rings. The van der Waals surface area contributed by atoms with Gasteiger partial charge in [0.25, 0.3) is 0 Å². The van der Waals surface area contributed by atoms with Crippen molar-refractivity contribution in [3.05, 3.63) is 47.1 Å². The number of rotatable bonds is 5. The average Bonchev–Trinajstić information content (AvgIpc) is 3.05. The molecular formula is C28H42O5. The Bertz CT molecular complexity index is 858. The van der Waals surface area contributed by atoms with E-state index in [-0.39, 0.29) is 17.5 Å². The summed E-state index contributed by atoms with van der Waals surface area (Å²) in [5.41, 5.74) is 3.80. The minimum absolute atomic E-state index is 0.00173. The van der Waals surface area contributed by atoms with E-state index in [1.54, 1.807) is 6.92 Å². The average molecular weight is 459 g/mol. The molecule has 2 N–H and O–H groups in total. The molecule has 0 spiro atoms.